The summed E-state index contributed by atoms with van der Waals surface area (Å²) in [6.07, 6.45) is 1.49. The zero-order chi connectivity index (χ0) is 23.2. The van der Waals surface area contributed by atoms with Gasteiger partial charge in [-0.25, -0.2) is 4.79 Å². The van der Waals surface area contributed by atoms with Crippen LogP contribution in [-0.4, -0.2) is 29.7 Å². The van der Waals surface area contributed by atoms with E-state index in [1.54, 1.807) is 14.1 Å². The second-order valence-electron chi connectivity index (χ2n) is 8.48. The molecule has 5 aromatic rings. The van der Waals surface area contributed by atoms with Crippen molar-refractivity contribution < 1.29 is 14.3 Å². The minimum atomic E-state index is -0.472. The van der Waals surface area contributed by atoms with Crippen LogP contribution in [0, 0.1) is 0 Å². The molecular weight excluding hydrogens is 424 g/mol. The summed E-state index contributed by atoms with van der Waals surface area (Å²) >= 11 is 0. The van der Waals surface area contributed by atoms with Crippen molar-refractivity contribution in [2.24, 2.45) is 0 Å². The van der Waals surface area contributed by atoms with Crippen LogP contribution < -0.4 is 4.74 Å². The molecule has 1 aromatic heterocycles. The number of carbonyl (C=O) groups is 1. The number of amides is 1. The van der Waals surface area contributed by atoms with E-state index in [0.717, 1.165) is 38.5 Å². The predicted molar refractivity (Wildman–Crippen MR) is 135 cm³/mol. The normalized spacial score (nSPS) is 12.6. The highest BCUT2D eigenvalue weighted by Gasteiger charge is 2.28. The first-order valence-electron chi connectivity index (χ1n) is 11.1. The number of fused-ring (bicyclic) bond motifs is 5. The maximum absolute atomic E-state index is 12.8. The SMILES string of the molecule is CN(C)C(=O)OC1=C(c2cccc3ccccc23)Oc2cc3ccccc3cc2-n2cccc21. The van der Waals surface area contributed by atoms with E-state index >= 15 is 0 Å². The minimum Gasteiger partial charge on any atom is -0.450 e. The Bertz CT molecular complexity index is 1610. The summed E-state index contributed by atoms with van der Waals surface area (Å²) in [6.45, 7) is 0. The molecule has 0 fully saturated rings. The van der Waals surface area contributed by atoms with Crippen molar-refractivity contribution in [3.05, 3.63) is 108 Å². The van der Waals surface area contributed by atoms with Gasteiger partial charge in [0.25, 0.3) is 0 Å². The summed E-state index contributed by atoms with van der Waals surface area (Å²) in [7, 11) is 3.33. The van der Waals surface area contributed by atoms with Crippen LogP contribution in [-0.2, 0) is 4.74 Å². The maximum atomic E-state index is 12.8. The van der Waals surface area contributed by atoms with Crippen LogP contribution in [0.5, 0.6) is 5.75 Å². The van der Waals surface area contributed by atoms with Gasteiger partial charge in [0.2, 0.25) is 0 Å². The molecule has 0 aliphatic carbocycles. The van der Waals surface area contributed by atoms with Crippen molar-refractivity contribution >= 4 is 39.2 Å². The maximum Gasteiger partial charge on any atom is 0.414 e. The summed E-state index contributed by atoms with van der Waals surface area (Å²) in [5.41, 5.74) is 2.48. The lowest BCUT2D eigenvalue weighted by Crippen LogP contribution is -2.23. The summed E-state index contributed by atoms with van der Waals surface area (Å²) in [4.78, 5) is 14.2. The summed E-state index contributed by atoms with van der Waals surface area (Å²) in [5, 5.41) is 4.26. The van der Waals surface area contributed by atoms with E-state index in [1.807, 2.05) is 65.4 Å². The van der Waals surface area contributed by atoms with Crippen molar-refractivity contribution in [2.45, 2.75) is 0 Å². The van der Waals surface area contributed by atoms with Crippen LogP contribution in [0.2, 0.25) is 0 Å². The molecule has 0 bridgehead atoms. The Labute approximate surface area is 197 Å². The quantitative estimate of drug-likeness (QED) is 0.303. The van der Waals surface area contributed by atoms with E-state index in [4.69, 9.17) is 9.47 Å². The van der Waals surface area contributed by atoms with Gasteiger partial charge in [0.1, 0.15) is 0 Å². The molecule has 4 aromatic carbocycles. The highest BCUT2D eigenvalue weighted by atomic mass is 16.6. The smallest absolute Gasteiger partial charge is 0.414 e. The summed E-state index contributed by atoms with van der Waals surface area (Å²) < 4.78 is 14.7. The molecule has 6 rings (SSSR count). The monoisotopic (exact) mass is 446 g/mol. The summed E-state index contributed by atoms with van der Waals surface area (Å²) in [6, 6.07) is 30.4. The number of benzene rings is 4. The molecule has 1 aliphatic rings. The number of rotatable bonds is 2. The van der Waals surface area contributed by atoms with Crippen molar-refractivity contribution in [1.82, 2.24) is 9.47 Å². The van der Waals surface area contributed by atoms with Crippen LogP contribution in [0.1, 0.15) is 11.3 Å². The fourth-order valence-electron chi connectivity index (χ4n) is 4.40. The number of ether oxygens (including phenoxy) is 2. The Hall–Kier alpha value is -4.51. The molecule has 5 nitrogen and oxygen atoms in total. The molecule has 0 unspecified atom stereocenters. The van der Waals surface area contributed by atoms with E-state index in [0.29, 0.717) is 17.3 Å². The van der Waals surface area contributed by atoms with E-state index in [1.165, 1.54) is 4.90 Å². The Balaban J connectivity index is 1.68. The molecule has 1 amide bonds. The van der Waals surface area contributed by atoms with Gasteiger partial charge in [-0.1, -0.05) is 66.7 Å². The van der Waals surface area contributed by atoms with Crippen molar-refractivity contribution in [2.75, 3.05) is 14.1 Å². The minimum absolute atomic E-state index is 0.375. The predicted octanol–water partition coefficient (Wildman–Crippen LogP) is 6.70. The number of nitrogens with zero attached hydrogens (tertiary/aromatic N) is 2. The first kappa shape index (κ1) is 20.1. The number of hydrogen-bond acceptors (Lipinski definition) is 3. The molecule has 166 valence electrons. The van der Waals surface area contributed by atoms with Crippen LogP contribution in [0.3, 0.4) is 0 Å². The van der Waals surface area contributed by atoms with Gasteiger partial charge in [-0.05, 0) is 45.8 Å². The lowest BCUT2D eigenvalue weighted by Gasteiger charge is -2.17. The lowest BCUT2D eigenvalue weighted by molar-refractivity contribution is 0.162. The zero-order valence-electron chi connectivity index (χ0n) is 18.9. The van der Waals surface area contributed by atoms with Gasteiger partial charge < -0.3 is 18.9 Å². The molecule has 0 saturated heterocycles. The number of carbonyl (C=O) groups excluding carboxylic acids is 1. The molecule has 1 aliphatic heterocycles. The van der Waals surface area contributed by atoms with E-state index in [-0.39, 0.29) is 0 Å². The standard InChI is InChI=1S/C29H22N2O3/c1-30(2)29(32)34-28-24-15-8-16-31(24)25-17-20-10-3-4-11-21(20)18-26(25)33-27(28)23-14-7-12-19-9-5-6-13-22(19)23/h3-18H,1-2H3. The molecule has 0 N–H and O–H groups in total. The van der Waals surface area contributed by atoms with Gasteiger partial charge in [0.05, 0.1) is 11.4 Å². The van der Waals surface area contributed by atoms with Gasteiger partial charge >= 0.3 is 6.09 Å². The Morgan fingerprint density at radius 3 is 2.32 bits per heavy atom. The first-order valence-corrected chi connectivity index (χ1v) is 11.1. The van der Waals surface area contributed by atoms with Gasteiger partial charge in [0, 0.05) is 25.9 Å². The van der Waals surface area contributed by atoms with Gasteiger partial charge in [-0.3, -0.25) is 0 Å². The fourth-order valence-corrected chi connectivity index (χ4v) is 4.40. The van der Waals surface area contributed by atoms with E-state index in [2.05, 4.69) is 36.4 Å². The fraction of sp³-hybridized carbons (Fsp3) is 0.0690. The molecule has 0 atom stereocenters. The topological polar surface area (TPSA) is 43.7 Å². The lowest BCUT2D eigenvalue weighted by atomic mass is 10.0. The Kier molecular flexibility index (Phi) is 4.62. The number of hydrogen-bond donors (Lipinski definition) is 0. The largest absolute Gasteiger partial charge is 0.450 e. The van der Waals surface area contributed by atoms with Crippen molar-refractivity contribution in [3.63, 3.8) is 0 Å². The number of aromatic nitrogens is 1. The Morgan fingerprint density at radius 2 is 1.53 bits per heavy atom. The van der Waals surface area contributed by atoms with Crippen LogP contribution >= 0.6 is 0 Å². The van der Waals surface area contributed by atoms with Crippen LogP contribution in [0.25, 0.3) is 38.8 Å². The highest BCUT2D eigenvalue weighted by molar-refractivity contribution is 6.00. The van der Waals surface area contributed by atoms with E-state index in [9.17, 15) is 4.79 Å². The second-order valence-corrected chi connectivity index (χ2v) is 8.48. The second kappa shape index (κ2) is 7.81. The molecule has 0 saturated carbocycles. The molecule has 2 heterocycles. The van der Waals surface area contributed by atoms with Crippen molar-refractivity contribution in [3.8, 4) is 11.4 Å². The van der Waals surface area contributed by atoms with Gasteiger partial charge in [0.15, 0.2) is 17.3 Å². The third-order valence-electron chi connectivity index (χ3n) is 6.08. The van der Waals surface area contributed by atoms with Crippen molar-refractivity contribution in [1.29, 1.82) is 0 Å². The summed E-state index contributed by atoms with van der Waals surface area (Å²) in [5.74, 6) is 1.57. The van der Waals surface area contributed by atoms with Crippen LogP contribution in [0.15, 0.2) is 97.2 Å². The first-order chi connectivity index (χ1) is 16.6. The zero-order valence-corrected chi connectivity index (χ0v) is 18.9. The third kappa shape index (κ3) is 3.21. The van der Waals surface area contributed by atoms with Gasteiger partial charge in [-0.2, -0.15) is 0 Å². The average Bonchev–Trinajstić information content (AvgIpc) is 3.30. The molecular formula is C29H22N2O3. The van der Waals surface area contributed by atoms with Gasteiger partial charge in [-0.15, -0.1) is 0 Å². The van der Waals surface area contributed by atoms with Crippen LogP contribution in [0.4, 0.5) is 4.79 Å². The molecule has 5 heteroatoms. The third-order valence-corrected chi connectivity index (χ3v) is 6.08. The highest BCUT2D eigenvalue weighted by Crippen LogP contribution is 2.42. The Morgan fingerprint density at radius 1 is 0.824 bits per heavy atom. The average molecular weight is 447 g/mol. The molecule has 0 spiro atoms. The van der Waals surface area contributed by atoms with E-state index < -0.39 is 6.09 Å². The molecule has 34 heavy (non-hydrogen) atoms. The molecule has 0 radical (unpaired) electrons.